The minimum absolute atomic E-state index is 0.0367. The molecule has 1 rings (SSSR count). The maximum atomic E-state index is 12.8. The number of carbonyl (C=O) groups is 1. The second kappa shape index (κ2) is 9.26. The van der Waals surface area contributed by atoms with Gasteiger partial charge >= 0.3 is 6.18 Å². The van der Waals surface area contributed by atoms with Crippen LogP contribution >= 0.6 is 0 Å². The van der Waals surface area contributed by atoms with Crippen molar-refractivity contribution in [2.24, 2.45) is 4.99 Å². The first-order valence-electron chi connectivity index (χ1n) is 8.01. The lowest BCUT2D eigenvalue weighted by Gasteiger charge is -2.23. The number of likely N-dealkylation sites (N-methyl/N-ethyl adjacent to an activating group) is 2. The summed E-state index contributed by atoms with van der Waals surface area (Å²) in [5.41, 5.74) is 0.611. The number of benzene rings is 1. The Morgan fingerprint density at radius 2 is 1.92 bits per heavy atom. The number of aliphatic imine (C=N–C) groups is 1. The van der Waals surface area contributed by atoms with Gasteiger partial charge in [-0.05, 0) is 24.6 Å². The quantitative estimate of drug-likeness (QED) is 0.476. The molecule has 0 radical (unpaired) electrons. The topological polar surface area (TPSA) is 47.9 Å². The molecule has 26 heavy (non-hydrogen) atoms. The van der Waals surface area contributed by atoms with Crippen molar-refractivity contribution in [1.29, 1.82) is 0 Å². The van der Waals surface area contributed by atoms with Gasteiger partial charge in [0.2, 0.25) is 5.91 Å². The summed E-state index contributed by atoms with van der Waals surface area (Å²) in [6.45, 7) is 6.29. The second-order valence-corrected chi connectivity index (χ2v) is 6.29. The van der Waals surface area contributed by atoms with E-state index in [0.29, 0.717) is 18.1 Å². The van der Waals surface area contributed by atoms with E-state index in [1.54, 1.807) is 32.1 Å². The lowest BCUT2D eigenvalue weighted by Crippen LogP contribution is -2.44. The predicted octanol–water partition coefficient (Wildman–Crippen LogP) is 2.75. The summed E-state index contributed by atoms with van der Waals surface area (Å²) in [5.74, 6) is 0.279. The van der Waals surface area contributed by atoms with Crippen molar-refractivity contribution < 1.29 is 18.0 Å². The molecule has 0 bridgehead atoms. The lowest BCUT2D eigenvalue weighted by molar-refractivity contribution is -0.137. The molecular weight excluding hydrogens is 345 g/mol. The summed E-state index contributed by atoms with van der Waals surface area (Å²) >= 11 is 0. The third-order valence-corrected chi connectivity index (χ3v) is 3.43. The molecule has 5 nitrogen and oxygen atoms in total. The van der Waals surface area contributed by atoms with E-state index >= 15 is 0 Å². The molecule has 1 amide bonds. The van der Waals surface area contributed by atoms with E-state index in [1.807, 2.05) is 6.92 Å². The summed E-state index contributed by atoms with van der Waals surface area (Å²) < 4.78 is 38.4. The van der Waals surface area contributed by atoms with Gasteiger partial charge in [-0.3, -0.25) is 4.79 Å². The number of alkyl halides is 3. The van der Waals surface area contributed by atoms with Crippen LogP contribution in [0.15, 0.2) is 41.4 Å². The van der Waals surface area contributed by atoms with E-state index in [9.17, 15) is 18.0 Å². The van der Waals surface area contributed by atoms with E-state index < -0.39 is 11.7 Å². The van der Waals surface area contributed by atoms with Gasteiger partial charge in [-0.25, -0.2) is 4.99 Å². The van der Waals surface area contributed by atoms with Crippen LogP contribution in [0.25, 0.3) is 0 Å². The van der Waals surface area contributed by atoms with Gasteiger partial charge in [0, 0.05) is 27.7 Å². The van der Waals surface area contributed by atoms with Crippen molar-refractivity contribution in [3.05, 3.63) is 47.5 Å². The highest BCUT2D eigenvalue weighted by Gasteiger charge is 2.30. The van der Waals surface area contributed by atoms with Gasteiger partial charge in [-0.2, -0.15) is 13.2 Å². The van der Waals surface area contributed by atoms with Crippen molar-refractivity contribution in [1.82, 2.24) is 15.1 Å². The molecule has 0 heterocycles. The summed E-state index contributed by atoms with van der Waals surface area (Å²) in [6, 6.07) is 5.04. The molecule has 0 atom stereocenters. The SMILES string of the molecule is C=C(C)CN(C)C(=NCc1cccc(C(F)(F)F)c1)NCC(=O)N(C)C. The first-order chi connectivity index (χ1) is 12.0. The van der Waals surface area contributed by atoms with Crippen molar-refractivity contribution >= 4 is 11.9 Å². The van der Waals surface area contributed by atoms with Crippen LogP contribution in [0.1, 0.15) is 18.1 Å². The number of hydrogen-bond donors (Lipinski definition) is 1. The summed E-state index contributed by atoms with van der Waals surface area (Å²) in [4.78, 5) is 19.3. The molecular formula is C18H25F3N4O. The minimum Gasteiger partial charge on any atom is -0.347 e. The Morgan fingerprint density at radius 3 is 2.46 bits per heavy atom. The van der Waals surface area contributed by atoms with Crippen molar-refractivity contribution in [3.63, 3.8) is 0 Å². The Bertz CT molecular complexity index is 669. The van der Waals surface area contributed by atoms with E-state index in [0.717, 1.165) is 17.7 Å². The number of hydrogen-bond acceptors (Lipinski definition) is 2. The van der Waals surface area contributed by atoms with Crippen LogP contribution in [-0.2, 0) is 17.5 Å². The first kappa shape index (κ1) is 21.5. The zero-order valence-corrected chi connectivity index (χ0v) is 15.5. The molecule has 0 aliphatic rings. The second-order valence-electron chi connectivity index (χ2n) is 6.29. The van der Waals surface area contributed by atoms with Crippen LogP contribution in [0, 0.1) is 0 Å². The molecule has 0 saturated carbocycles. The normalized spacial score (nSPS) is 11.9. The van der Waals surface area contributed by atoms with Crippen LogP contribution in [0.5, 0.6) is 0 Å². The van der Waals surface area contributed by atoms with Gasteiger partial charge in [0.05, 0.1) is 18.7 Å². The zero-order valence-electron chi connectivity index (χ0n) is 15.5. The van der Waals surface area contributed by atoms with Crippen molar-refractivity contribution in [3.8, 4) is 0 Å². The number of halogens is 3. The average molecular weight is 370 g/mol. The Hall–Kier alpha value is -2.51. The zero-order chi connectivity index (χ0) is 19.9. The van der Waals surface area contributed by atoms with E-state index in [4.69, 9.17) is 0 Å². The van der Waals surface area contributed by atoms with Gasteiger partial charge in [0.1, 0.15) is 0 Å². The molecule has 0 aromatic heterocycles. The number of nitrogens with one attached hydrogen (secondary N) is 1. The minimum atomic E-state index is -4.39. The number of guanidine groups is 1. The monoisotopic (exact) mass is 370 g/mol. The standard InChI is InChI=1S/C18H25F3N4O/c1-13(2)12-25(5)17(23-11-16(26)24(3)4)22-10-14-7-6-8-15(9-14)18(19,20)21/h6-9H,1,10-12H2,2-5H3,(H,22,23). The van der Waals surface area contributed by atoms with Gasteiger partial charge < -0.3 is 15.1 Å². The van der Waals surface area contributed by atoms with E-state index in [2.05, 4.69) is 16.9 Å². The Morgan fingerprint density at radius 1 is 1.27 bits per heavy atom. The van der Waals surface area contributed by atoms with Gasteiger partial charge in [-0.1, -0.05) is 24.3 Å². The molecule has 1 N–H and O–H groups in total. The Kier molecular flexibility index (Phi) is 7.67. The molecule has 8 heteroatoms. The molecule has 0 unspecified atom stereocenters. The molecule has 0 saturated heterocycles. The third-order valence-electron chi connectivity index (χ3n) is 3.43. The van der Waals surface area contributed by atoms with Crippen LogP contribution < -0.4 is 5.32 Å². The number of amides is 1. The number of carbonyl (C=O) groups excluding carboxylic acids is 1. The molecule has 0 aliphatic heterocycles. The fourth-order valence-corrected chi connectivity index (χ4v) is 2.12. The molecule has 0 aliphatic carbocycles. The van der Waals surface area contributed by atoms with Crippen molar-refractivity contribution in [2.45, 2.75) is 19.6 Å². The molecule has 1 aromatic carbocycles. The highest BCUT2D eigenvalue weighted by molar-refractivity contribution is 5.86. The highest BCUT2D eigenvalue weighted by Crippen LogP contribution is 2.29. The van der Waals surface area contributed by atoms with Crippen LogP contribution in [0.4, 0.5) is 13.2 Å². The average Bonchev–Trinajstić information content (AvgIpc) is 2.53. The molecule has 0 spiro atoms. The molecule has 0 fully saturated rings. The number of nitrogens with zero attached hydrogens (tertiary/aromatic N) is 3. The number of rotatable bonds is 6. The fourth-order valence-electron chi connectivity index (χ4n) is 2.12. The summed E-state index contributed by atoms with van der Waals surface area (Å²) in [6.07, 6.45) is -4.39. The smallest absolute Gasteiger partial charge is 0.347 e. The third kappa shape index (κ3) is 7.16. The Labute approximate surface area is 152 Å². The van der Waals surface area contributed by atoms with Crippen molar-refractivity contribution in [2.75, 3.05) is 34.2 Å². The van der Waals surface area contributed by atoms with E-state index in [-0.39, 0.29) is 19.0 Å². The van der Waals surface area contributed by atoms with Gasteiger partial charge in [-0.15, -0.1) is 0 Å². The molecule has 1 aromatic rings. The van der Waals surface area contributed by atoms with Crippen LogP contribution in [0.2, 0.25) is 0 Å². The van der Waals surface area contributed by atoms with Crippen LogP contribution in [-0.4, -0.2) is 55.9 Å². The first-order valence-corrected chi connectivity index (χ1v) is 8.01. The largest absolute Gasteiger partial charge is 0.416 e. The summed E-state index contributed by atoms with van der Waals surface area (Å²) in [5, 5.41) is 2.94. The fraction of sp³-hybridized carbons (Fsp3) is 0.444. The highest BCUT2D eigenvalue weighted by atomic mass is 19.4. The Balaban J connectivity index is 2.95. The van der Waals surface area contributed by atoms with Gasteiger partial charge in [0.25, 0.3) is 0 Å². The van der Waals surface area contributed by atoms with Crippen LogP contribution in [0.3, 0.4) is 0 Å². The maximum absolute atomic E-state index is 12.8. The van der Waals surface area contributed by atoms with E-state index in [1.165, 1.54) is 11.0 Å². The predicted molar refractivity (Wildman–Crippen MR) is 96.7 cm³/mol. The maximum Gasteiger partial charge on any atom is 0.416 e. The lowest BCUT2D eigenvalue weighted by atomic mass is 10.1. The summed E-state index contributed by atoms with van der Waals surface area (Å²) in [7, 11) is 5.05. The molecule has 144 valence electrons. The van der Waals surface area contributed by atoms with Gasteiger partial charge in [0.15, 0.2) is 5.96 Å².